The van der Waals surface area contributed by atoms with Crippen LogP contribution in [-0.2, 0) is 10.8 Å². The molecule has 1 aliphatic heterocycles. The van der Waals surface area contributed by atoms with Gasteiger partial charge in [0, 0.05) is 16.1 Å². The SMILES string of the molecule is C[C@@H]1Cc2cc(O)c(O)cc2[C@@H](c2c(F)cc(Br)cc2F)N1CC(F)(F)CO[Si](c1ccccc1)(c1ccccc1)C(C)(C)C. The summed E-state index contributed by atoms with van der Waals surface area (Å²) in [5.41, 5.74) is 0.333. The molecule has 0 amide bonds. The summed E-state index contributed by atoms with van der Waals surface area (Å²) in [5, 5.41) is 21.7. The molecule has 0 aromatic heterocycles. The van der Waals surface area contributed by atoms with Crippen molar-refractivity contribution in [2.24, 2.45) is 0 Å². The molecule has 10 heteroatoms. The Bertz CT molecular complexity index is 1600. The molecule has 2 atom stereocenters. The third-order valence-corrected chi connectivity index (χ3v) is 14.0. The highest BCUT2D eigenvalue weighted by Crippen LogP contribution is 2.45. The van der Waals surface area contributed by atoms with Crippen molar-refractivity contribution >= 4 is 34.6 Å². The second kappa shape index (κ2) is 12.5. The van der Waals surface area contributed by atoms with Crippen molar-refractivity contribution in [3.05, 3.63) is 118 Å². The van der Waals surface area contributed by atoms with Crippen LogP contribution in [0.15, 0.2) is 89.4 Å². The van der Waals surface area contributed by atoms with Crippen LogP contribution in [0.4, 0.5) is 17.6 Å². The smallest absolute Gasteiger partial charge is 0.282 e. The van der Waals surface area contributed by atoms with E-state index in [1.165, 1.54) is 17.0 Å². The number of alkyl halides is 2. The van der Waals surface area contributed by atoms with Crippen LogP contribution in [0, 0.1) is 11.6 Å². The van der Waals surface area contributed by atoms with Gasteiger partial charge in [-0.2, -0.15) is 0 Å². The zero-order chi connectivity index (χ0) is 32.7. The van der Waals surface area contributed by atoms with Crippen molar-refractivity contribution in [1.29, 1.82) is 0 Å². The number of aromatic hydroxyl groups is 2. The van der Waals surface area contributed by atoms with Crippen LogP contribution in [0.25, 0.3) is 0 Å². The minimum absolute atomic E-state index is 0.162. The van der Waals surface area contributed by atoms with Crippen LogP contribution < -0.4 is 10.4 Å². The van der Waals surface area contributed by atoms with Crippen LogP contribution in [0.2, 0.25) is 5.04 Å². The first-order valence-corrected chi connectivity index (χ1v) is 17.4. The molecule has 4 nitrogen and oxygen atoms in total. The van der Waals surface area contributed by atoms with Gasteiger partial charge < -0.3 is 14.6 Å². The van der Waals surface area contributed by atoms with Gasteiger partial charge in [-0.3, -0.25) is 4.90 Å². The molecule has 0 saturated heterocycles. The molecule has 4 aromatic carbocycles. The summed E-state index contributed by atoms with van der Waals surface area (Å²) in [6, 6.07) is 21.7. The average molecular weight is 703 g/mol. The van der Waals surface area contributed by atoms with Gasteiger partial charge in [-0.15, -0.1) is 0 Å². The monoisotopic (exact) mass is 701 g/mol. The lowest BCUT2D eigenvalue weighted by Gasteiger charge is -2.46. The van der Waals surface area contributed by atoms with E-state index < -0.39 is 73.2 Å². The van der Waals surface area contributed by atoms with Crippen molar-refractivity contribution in [2.45, 2.75) is 57.2 Å². The Morgan fingerprint density at radius 1 is 0.867 bits per heavy atom. The molecule has 238 valence electrons. The van der Waals surface area contributed by atoms with Gasteiger partial charge in [0.15, 0.2) is 11.5 Å². The fraction of sp³-hybridized carbons (Fsp3) is 0.314. The third kappa shape index (κ3) is 6.43. The van der Waals surface area contributed by atoms with Gasteiger partial charge in [-0.1, -0.05) is 97.4 Å². The Labute approximate surface area is 270 Å². The molecule has 4 aromatic rings. The Morgan fingerprint density at radius 3 is 1.89 bits per heavy atom. The maximum atomic E-state index is 16.4. The number of hydrogen-bond acceptors (Lipinski definition) is 4. The largest absolute Gasteiger partial charge is 0.504 e. The van der Waals surface area contributed by atoms with Crippen molar-refractivity contribution < 1.29 is 32.2 Å². The summed E-state index contributed by atoms with van der Waals surface area (Å²) in [6.45, 7) is 5.91. The molecule has 0 saturated carbocycles. The van der Waals surface area contributed by atoms with E-state index in [0.29, 0.717) is 5.56 Å². The number of fused-ring (bicyclic) bond motifs is 1. The first kappa shape index (κ1) is 33.2. The Morgan fingerprint density at radius 2 is 1.38 bits per heavy atom. The highest BCUT2D eigenvalue weighted by Gasteiger charge is 2.52. The van der Waals surface area contributed by atoms with E-state index in [9.17, 15) is 10.2 Å². The fourth-order valence-electron chi connectivity index (χ4n) is 6.61. The van der Waals surface area contributed by atoms with Crippen LogP contribution in [0.5, 0.6) is 11.5 Å². The number of nitrogens with zero attached hydrogens (tertiary/aromatic N) is 1. The predicted molar refractivity (Wildman–Crippen MR) is 174 cm³/mol. The lowest BCUT2D eigenvalue weighted by Crippen LogP contribution is -2.67. The van der Waals surface area contributed by atoms with Crippen molar-refractivity contribution in [1.82, 2.24) is 4.90 Å². The molecular formula is C35H36BrF4NO3Si. The molecule has 0 spiro atoms. The van der Waals surface area contributed by atoms with Gasteiger partial charge in [0.1, 0.15) is 11.6 Å². The van der Waals surface area contributed by atoms with Gasteiger partial charge >= 0.3 is 0 Å². The van der Waals surface area contributed by atoms with E-state index in [-0.39, 0.29) is 16.5 Å². The summed E-state index contributed by atoms with van der Waals surface area (Å²) in [6.07, 6.45) is 0.213. The highest BCUT2D eigenvalue weighted by atomic mass is 79.9. The van der Waals surface area contributed by atoms with Crippen LogP contribution >= 0.6 is 15.9 Å². The van der Waals surface area contributed by atoms with E-state index in [1.54, 1.807) is 6.92 Å². The average Bonchev–Trinajstić information content (AvgIpc) is 2.96. The normalized spacial score (nSPS) is 17.7. The van der Waals surface area contributed by atoms with Gasteiger partial charge in [0.25, 0.3) is 14.2 Å². The molecule has 0 bridgehead atoms. The van der Waals surface area contributed by atoms with E-state index in [1.807, 2.05) is 81.4 Å². The van der Waals surface area contributed by atoms with E-state index in [2.05, 4.69) is 15.9 Å². The quantitative estimate of drug-likeness (QED) is 0.112. The Balaban J connectivity index is 1.57. The second-order valence-corrected chi connectivity index (χ2v) is 18.0. The lowest BCUT2D eigenvalue weighted by molar-refractivity contribution is -0.0823. The highest BCUT2D eigenvalue weighted by molar-refractivity contribution is 9.10. The zero-order valence-electron chi connectivity index (χ0n) is 25.5. The van der Waals surface area contributed by atoms with E-state index in [4.69, 9.17) is 4.43 Å². The molecule has 1 heterocycles. The molecule has 0 unspecified atom stereocenters. The third-order valence-electron chi connectivity index (χ3n) is 8.59. The Hall–Kier alpha value is -3.18. The minimum atomic E-state index is -3.45. The number of halogens is 5. The molecular weight excluding hydrogens is 666 g/mol. The molecule has 0 fully saturated rings. The van der Waals surface area contributed by atoms with Gasteiger partial charge in [-0.25, -0.2) is 17.6 Å². The van der Waals surface area contributed by atoms with Crippen molar-refractivity contribution in [3.63, 3.8) is 0 Å². The first-order chi connectivity index (χ1) is 21.1. The summed E-state index contributed by atoms with van der Waals surface area (Å²) >= 11 is 3.09. The summed E-state index contributed by atoms with van der Waals surface area (Å²) in [4.78, 5) is 1.36. The van der Waals surface area contributed by atoms with Gasteiger partial charge in [0.05, 0.1) is 19.2 Å². The molecule has 2 N–H and O–H groups in total. The van der Waals surface area contributed by atoms with Gasteiger partial charge in [-0.05, 0) is 64.1 Å². The van der Waals surface area contributed by atoms with Crippen LogP contribution in [-0.4, -0.2) is 48.5 Å². The molecule has 0 radical (unpaired) electrons. The molecule has 5 rings (SSSR count). The molecule has 45 heavy (non-hydrogen) atoms. The van der Waals surface area contributed by atoms with Crippen molar-refractivity contribution in [2.75, 3.05) is 13.2 Å². The maximum absolute atomic E-state index is 16.4. The fourth-order valence-corrected chi connectivity index (χ4v) is 11.6. The number of hydrogen-bond donors (Lipinski definition) is 2. The topological polar surface area (TPSA) is 52.9 Å². The molecule has 0 aliphatic carbocycles. The minimum Gasteiger partial charge on any atom is -0.504 e. The number of benzene rings is 4. The number of rotatable bonds is 8. The standard InChI is InChI=1S/C35H36BrF4NO3Si/c1-22-15-23-16-30(42)31(43)19-27(23)33(32-28(37)17-24(36)18-29(32)38)41(22)20-35(39,40)21-44-45(34(2,3)4,25-11-7-5-8-12-25)26-13-9-6-10-14-26/h5-14,16-19,22,33,42-43H,15,20-21H2,1-4H3/t22-,33+/m1/s1. The summed E-state index contributed by atoms with van der Waals surface area (Å²) in [5.74, 6) is -6.19. The van der Waals surface area contributed by atoms with E-state index in [0.717, 1.165) is 22.5 Å². The van der Waals surface area contributed by atoms with Crippen LogP contribution in [0.1, 0.15) is 50.4 Å². The Kier molecular flexibility index (Phi) is 9.25. The van der Waals surface area contributed by atoms with E-state index >= 15 is 17.6 Å². The second-order valence-electron chi connectivity index (χ2n) is 12.8. The summed E-state index contributed by atoms with van der Waals surface area (Å²) < 4.78 is 70.5. The van der Waals surface area contributed by atoms with Crippen molar-refractivity contribution in [3.8, 4) is 11.5 Å². The maximum Gasteiger partial charge on any atom is 0.282 e. The molecule has 1 aliphatic rings. The summed E-state index contributed by atoms with van der Waals surface area (Å²) in [7, 11) is -3.30. The zero-order valence-corrected chi connectivity index (χ0v) is 28.1. The lowest BCUT2D eigenvalue weighted by atomic mass is 9.84. The first-order valence-electron chi connectivity index (χ1n) is 14.7. The van der Waals surface area contributed by atoms with Gasteiger partial charge in [0.2, 0.25) is 0 Å². The van der Waals surface area contributed by atoms with Crippen LogP contribution in [0.3, 0.4) is 0 Å². The predicted octanol–water partition coefficient (Wildman–Crippen LogP) is 7.69. The number of phenolic OH excluding ortho intramolecular Hbond substituents is 2. The number of phenols is 2.